The summed E-state index contributed by atoms with van der Waals surface area (Å²) >= 11 is 0. The van der Waals surface area contributed by atoms with Crippen LogP contribution in [0.5, 0.6) is 0 Å². The van der Waals surface area contributed by atoms with Crippen molar-refractivity contribution in [3.05, 3.63) is 0 Å². The highest BCUT2D eigenvalue weighted by atomic mass is 16.3. The molecule has 0 radical (unpaired) electrons. The first-order valence-corrected chi connectivity index (χ1v) is 6.92. The molecule has 4 nitrogen and oxygen atoms in total. The van der Waals surface area contributed by atoms with Crippen molar-refractivity contribution in [2.45, 2.75) is 57.1 Å². The Kier molecular flexibility index (Phi) is 4.80. The average Bonchev–Trinajstić information content (AvgIpc) is 2.28. The molecule has 4 heteroatoms. The van der Waals surface area contributed by atoms with E-state index in [1.165, 1.54) is 19.3 Å². The fourth-order valence-electron chi connectivity index (χ4n) is 2.78. The summed E-state index contributed by atoms with van der Waals surface area (Å²) in [5, 5.41) is 15.4. The molecule has 0 unspecified atom stereocenters. The van der Waals surface area contributed by atoms with Crippen LogP contribution < -0.4 is 10.6 Å². The van der Waals surface area contributed by atoms with E-state index in [1.54, 1.807) is 0 Å². The number of aliphatic hydroxyl groups excluding tert-OH is 1. The summed E-state index contributed by atoms with van der Waals surface area (Å²) in [6, 6.07) is 0.406. The second-order valence-corrected chi connectivity index (χ2v) is 5.52. The molecule has 0 aromatic rings. The quantitative estimate of drug-likeness (QED) is 0.666. The molecule has 0 aromatic heterocycles. The van der Waals surface area contributed by atoms with Gasteiger partial charge in [-0.1, -0.05) is 19.3 Å². The largest absolute Gasteiger partial charge is 0.393 e. The van der Waals surface area contributed by atoms with Crippen molar-refractivity contribution in [3.63, 3.8) is 0 Å². The third kappa shape index (κ3) is 4.28. The minimum Gasteiger partial charge on any atom is -0.393 e. The standard InChI is InChI=1S/C13H24N2O2/c16-12-6-10(7-12)8-14-9-13(17)15-11-4-2-1-3-5-11/h10-12,14,16H,1-9H2,(H,15,17). The van der Waals surface area contributed by atoms with Crippen molar-refractivity contribution in [2.24, 2.45) is 5.92 Å². The summed E-state index contributed by atoms with van der Waals surface area (Å²) in [6.07, 6.45) is 7.76. The van der Waals surface area contributed by atoms with Crippen molar-refractivity contribution in [2.75, 3.05) is 13.1 Å². The van der Waals surface area contributed by atoms with E-state index in [2.05, 4.69) is 10.6 Å². The highest BCUT2D eigenvalue weighted by molar-refractivity contribution is 5.78. The highest BCUT2D eigenvalue weighted by Gasteiger charge is 2.26. The van der Waals surface area contributed by atoms with E-state index < -0.39 is 0 Å². The lowest BCUT2D eigenvalue weighted by Gasteiger charge is -2.31. The normalized spacial score (nSPS) is 29.7. The van der Waals surface area contributed by atoms with Gasteiger partial charge >= 0.3 is 0 Å². The van der Waals surface area contributed by atoms with Gasteiger partial charge in [0.25, 0.3) is 0 Å². The van der Waals surface area contributed by atoms with Gasteiger partial charge in [-0.15, -0.1) is 0 Å². The Morgan fingerprint density at radius 2 is 1.88 bits per heavy atom. The number of amides is 1. The maximum atomic E-state index is 11.6. The Labute approximate surface area is 103 Å². The predicted molar refractivity (Wildman–Crippen MR) is 66.6 cm³/mol. The van der Waals surface area contributed by atoms with Crippen LogP contribution in [0.25, 0.3) is 0 Å². The van der Waals surface area contributed by atoms with E-state index in [4.69, 9.17) is 5.11 Å². The van der Waals surface area contributed by atoms with E-state index in [9.17, 15) is 4.79 Å². The maximum absolute atomic E-state index is 11.6. The summed E-state index contributed by atoms with van der Waals surface area (Å²) in [5.74, 6) is 0.684. The monoisotopic (exact) mass is 240 g/mol. The van der Waals surface area contributed by atoms with E-state index in [0.29, 0.717) is 18.5 Å². The summed E-state index contributed by atoms with van der Waals surface area (Å²) in [7, 11) is 0. The van der Waals surface area contributed by atoms with Crippen LogP contribution in [0.2, 0.25) is 0 Å². The summed E-state index contributed by atoms with van der Waals surface area (Å²) < 4.78 is 0. The molecule has 0 saturated heterocycles. The maximum Gasteiger partial charge on any atom is 0.234 e. The second-order valence-electron chi connectivity index (χ2n) is 5.52. The van der Waals surface area contributed by atoms with Gasteiger partial charge in [-0.3, -0.25) is 4.79 Å². The molecule has 0 atom stereocenters. The first kappa shape index (κ1) is 12.8. The molecule has 2 rings (SSSR count). The Bertz CT molecular complexity index is 246. The lowest BCUT2D eigenvalue weighted by Crippen LogP contribution is -2.43. The number of carbonyl (C=O) groups excluding carboxylic acids is 1. The van der Waals surface area contributed by atoms with E-state index in [-0.39, 0.29) is 12.0 Å². The van der Waals surface area contributed by atoms with Crippen molar-refractivity contribution in [1.29, 1.82) is 0 Å². The zero-order valence-corrected chi connectivity index (χ0v) is 10.5. The van der Waals surface area contributed by atoms with Crippen LogP contribution in [0.4, 0.5) is 0 Å². The molecule has 2 saturated carbocycles. The SMILES string of the molecule is O=C(CNCC1CC(O)C1)NC1CCCCC1. The molecule has 3 N–H and O–H groups in total. The van der Waals surface area contributed by atoms with Crippen LogP contribution >= 0.6 is 0 Å². The smallest absolute Gasteiger partial charge is 0.234 e. The minimum atomic E-state index is -0.0992. The zero-order chi connectivity index (χ0) is 12.1. The summed E-state index contributed by atoms with van der Waals surface area (Å²) in [5.41, 5.74) is 0. The Morgan fingerprint density at radius 3 is 2.53 bits per heavy atom. The van der Waals surface area contributed by atoms with E-state index in [1.807, 2.05) is 0 Å². The molecule has 17 heavy (non-hydrogen) atoms. The average molecular weight is 240 g/mol. The molecular formula is C13H24N2O2. The van der Waals surface area contributed by atoms with Crippen LogP contribution in [0, 0.1) is 5.92 Å². The summed E-state index contributed by atoms with van der Waals surface area (Å²) in [4.78, 5) is 11.6. The fourth-order valence-corrected chi connectivity index (χ4v) is 2.78. The molecule has 2 aliphatic carbocycles. The van der Waals surface area contributed by atoms with Gasteiger partial charge < -0.3 is 15.7 Å². The van der Waals surface area contributed by atoms with Crippen LogP contribution in [0.3, 0.4) is 0 Å². The topological polar surface area (TPSA) is 61.4 Å². The molecular weight excluding hydrogens is 216 g/mol. The van der Waals surface area contributed by atoms with Crippen LogP contribution in [-0.2, 0) is 4.79 Å². The van der Waals surface area contributed by atoms with Gasteiger partial charge in [0.05, 0.1) is 12.6 Å². The first-order valence-electron chi connectivity index (χ1n) is 6.92. The summed E-state index contributed by atoms with van der Waals surface area (Å²) in [6.45, 7) is 1.28. The Balaban J connectivity index is 1.51. The molecule has 1 amide bonds. The number of hydrogen-bond donors (Lipinski definition) is 3. The fraction of sp³-hybridized carbons (Fsp3) is 0.923. The number of carbonyl (C=O) groups is 1. The second kappa shape index (κ2) is 6.36. The van der Waals surface area contributed by atoms with Crippen LogP contribution in [-0.4, -0.2) is 36.2 Å². The molecule has 0 aromatic carbocycles. The number of rotatable bonds is 5. The molecule has 0 bridgehead atoms. The van der Waals surface area contributed by atoms with Gasteiger partial charge in [0.1, 0.15) is 0 Å². The van der Waals surface area contributed by atoms with Gasteiger partial charge in [-0.05, 0) is 38.1 Å². The van der Waals surface area contributed by atoms with Crippen LogP contribution in [0.1, 0.15) is 44.9 Å². The Hall–Kier alpha value is -0.610. The number of hydrogen-bond acceptors (Lipinski definition) is 3. The third-order valence-electron chi connectivity index (χ3n) is 3.90. The first-order chi connectivity index (χ1) is 8.24. The number of aliphatic hydroxyl groups is 1. The minimum absolute atomic E-state index is 0.0992. The predicted octanol–water partition coefficient (Wildman–Crippen LogP) is 0.796. The molecule has 98 valence electrons. The molecule has 0 aliphatic heterocycles. The lowest BCUT2D eigenvalue weighted by atomic mass is 9.82. The molecule has 0 spiro atoms. The van der Waals surface area contributed by atoms with E-state index in [0.717, 1.165) is 32.2 Å². The Morgan fingerprint density at radius 1 is 1.18 bits per heavy atom. The molecule has 0 heterocycles. The highest BCUT2D eigenvalue weighted by Crippen LogP contribution is 2.25. The van der Waals surface area contributed by atoms with Crippen molar-refractivity contribution < 1.29 is 9.90 Å². The van der Waals surface area contributed by atoms with Gasteiger partial charge in [0.15, 0.2) is 0 Å². The van der Waals surface area contributed by atoms with Crippen molar-refractivity contribution >= 4 is 5.91 Å². The lowest BCUT2D eigenvalue weighted by molar-refractivity contribution is -0.121. The molecule has 2 aliphatic rings. The van der Waals surface area contributed by atoms with Crippen molar-refractivity contribution in [1.82, 2.24) is 10.6 Å². The van der Waals surface area contributed by atoms with Gasteiger partial charge in [0.2, 0.25) is 5.91 Å². The molecule has 2 fully saturated rings. The van der Waals surface area contributed by atoms with Gasteiger partial charge in [-0.25, -0.2) is 0 Å². The zero-order valence-electron chi connectivity index (χ0n) is 10.5. The van der Waals surface area contributed by atoms with E-state index >= 15 is 0 Å². The van der Waals surface area contributed by atoms with Gasteiger partial charge in [0, 0.05) is 6.04 Å². The van der Waals surface area contributed by atoms with Crippen LogP contribution in [0.15, 0.2) is 0 Å². The van der Waals surface area contributed by atoms with Gasteiger partial charge in [-0.2, -0.15) is 0 Å². The third-order valence-corrected chi connectivity index (χ3v) is 3.90. The van der Waals surface area contributed by atoms with Crippen molar-refractivity contribution in [3.8, 4) is 0 Å². The number of nitrogens with one attached hydrogen (secondary N) is 2.